The summed E-state index contributed by atoms with van der Waals surface area (Å²) in [4.78, 5) is 7.46. The molecule has 116 valence electrons. The van der Waals surface area contributed by atoms with Crippen LogP contribution in [-0.4, -0.2) is 62.4 Å². The van der Waals surface area contributed by atoms with Crippen LogP contribution in [0.4, 0.5) is 11.4 Å². The van der Waals surface area contributed by atoms with Gasteiger partial charge < -0.3 is 19.8 Å². The first-order valence-electron chi connectivity index (χ1n) is 7.73. The van der Waals surface area contributed by atoms with Crippen LogP contribution in [0, 0.1) is 0 Å². The molecule has 0 aromatic heterocycles. The standard InChI is InChI=1S/C16H23N3O.ClH/c1-17-7-8-19-14-5-6-18(9-10-20)11-13(14)12-3-2-4-15(17)16(12)19;/h2-4,13-14,20H,5-11H2,1H3;1H/t13-,14-;/m0./s1. The van der Waals surface area contributed by atoms with Gasteiger partial charge in [0.05, 0.1) is 18.0 Å². The average Bonchev–Trinajstić information content (AvgIpc) is 2.79. The smallest absolute Gasteiger partial charge is 0.0644 e. The number of fused-ring (bicyclic) bond motifs is 3. The van der Waals surface area contributed by atoms with Gasteiger partial charge in [-0.2, -0.15) is 0 Å². The average molecular weight is 310 g/mol. The topological polar surface area (TPSA) is 30.0 Å². The largest absolute Gasteiger partial charge is 0.395 e. The van der Waals surface area contributed by atoms with Gasteiger partial charge in [-0.25, -0.2) is 0 Å². The highest BCUT2D eigenvalue weighted by molar-refractivity contribution is 5.85. The molecule has 3 aliphatic rings. The summed E-state index contributed by atoms with van der Waals surface area (Å²) in [5, 5.41) is 9.18. The molecule has 0 saturated carbocycles. The second kappa shape index (κ2) is 5.67. The minimum absolute atomic E-state index is 0. The quantitative estimate of drug-likeness (QED) is 0.897. The second-order valence-corrected chi connectivity index (χ2v) is 6.32. The number of hydrogen-bond acceptors (Lipinski definition) is 4. The highest BCUT2D eigenvalue weighted by atomic mass is 35.5. The van der Waals surface area contributed by atoms with E-state index in [0.29, 0.717) is 12.0 Å². The third-order valence-electron chi connectivity index (χ3n) is 5.30. The summed E-state index contributed by atoms with van der Waals surface area (Å²) in [6, 6.07) is 7.46. The van der Waals surface area contributed by atoms with Crippen molar-refractivity contribution in [3.63, 3.8) is 0 Å². The lowest BCUT2D eigenvalue weighted by Crippen LogP contribution is -2.49. The van der Waals surface area contributed by atoms with E-state index in [4.69, 9.17) is 0 Å². The maximum absolute atomic E-state index is 9.18. The van der Waals surface area contributed by atoms with E-state index in [9.17, 15) is 5.11 Å². The number of anilines is 2. The number of nitrogens with zero attached hydrogens (tertiary/aromatic N) is 3. The van der Waals surface area contributed by atoms with Gasteiger partial charge in [-0.1, -0.05) is 12.1 Å². The summed E-state index contributed by atoms with van der Waals surface area (Å²) in [6.45, 7) is 5.59. The van der Waals surface area contributed by atoms with Crippen LogP contribution in [0.3, 0.4) is 0 Å². The fourth-order valence-corrected chi connectivity index (χ4v) is 4.32. The summed E-state index contributed by atoms with van der Waals surface area (Å²) in [6.07, 6.45) is 1.22. The van der Waals surface area contributed by atoms with Crippen molar-refractivity contribution in [1.82, 2.24) is 4.90 Å². The van der Waals surface area contributed by atoms with Crippen molar-refractivity contribution in [2.24, 2.45) is 0 Å². The number of piperidine rings is 1. The summed E-state index contributed by atoms with van der Waals surface area (Å²) >= 11 is 0. The lowest BCUT2D eigenvalue weighted by Gasteiger charge is -2.41. The fourth-order valence-electron chi connectivity index (χ4n) is 4.32. The molecule has 21 heavy (non-hydrogen) atoms. The minimum atomic E-state index is 0. The van der Waals surface area contributed by atoms with Crippen LogP contribution >= 0.6 is 12.4 Å². The van der Waals surface area contributed by atoms with E-state index in [1.165, 1.54) is 23.4 Å². The molecule has 4 rings (SSSR count). The first kappa shape index (κ1) is 14.9. The minimum Gasteiger partial charge on any atom is -0.395 e. The number of β-amino-alcohol motifs (C(OH)–C–C–N with tert-alkyl or cyclic N) is 1. The predicted molar refractivity (Wildman–Crippen MR) is 89.0 cm³/mol. The van der Waals surface area contributed by atoms with E-state index in [-0.39, 0.29) is 19.0 Å². The first-order valence-corrected chi connectivity index (χ1v) is 7.73. The van der Waals surface area contributed by atoms with Crippen molar-refractivity contribution in [2.45, 2.75) is 18.4 Å². The molecule has 0 aliphatic carbocycles. The Morgan fingerprint density at radius 1 is 1.24 bits per heavy atom. The molecule has 1 saturated heterocycles. The highest BCUT2D eigenvalue weighted by Gasteiger charge is 2.44. The monoisotopic (exact) mass is 309 g/mol. The summed E-state index contributed by atoms with van der Waals surface area (Å²) in [7, 11) is 2.20. The Morgan fingerprint density at radius 3 is 2.90 bits per heavy atom. The van der Waals surface area contributed by atoms with Gasteiger partial charge in [0, 0.05) is 51.7 Å². The lowest BCUT2D eigenvalue weighted by molar-refractivity contribution is 0.153. The summed E-state index contributed by atoms with van der Waals surface area (Å²) in [5.74, 6) is 0.622. The molecule has 0 spiro atoms. The molecule has 5 heteroatoms. The van der Waals surface area contributed by atoms with E-state index >= 15 is 0 Å². The van der Waals surface area contributed by atoms with Gasteiger partial charge in [0.15, 0.2) is 0 Å². The number of likely N-dealkylation sites (N-methyl/N-ethyl adjacent to an activating group) is 1. The number of hydrogen-bond donors (Lipinski definition) is 1. The molecule has 1 fully saturated rings. The molecule has 2 atom stereocenters. The van der Waals surface area contributed by atoms with Gasteiger partial charge in [-0.3, -0.25) is 0 Å². The van der Waals surface area contributed by atoms with E-state index < -0.39 is 0 Å². The van der Waals surface area contributed by atoms with E-state index in [0.717, 1.165) is 32.7 Å². The fraction of sp³-hybridized carbons (Fsp3) is 0.625. The molecule has 0 bridgehead atoms. The van der Waals surface area contributed by atoms with Crippen molar-refractivity contribution in [3.05, 3.63) is 23.8 Å². The van der Waals surface area contributed by atoms with E-state index in [2.05, 4.69) is 39.9 Å². The Kier molecular flexibility index (Phi) is 4.04. The van der Waals surface area contributed by atoms with E-state index in [1.807, 2.05) is 0 Å². The summed E-state index contributed by atoms with van der Waals surface area (Å²) in [5.41, 5.74) is 4.42. The van der Waals surface area contributed by atoms with Crippen molar-refractivity contribution in [3.8, 4) is 0 Å². The van der Waals surface area contributed by atoms with Gasteiger partial charge in [-0.05, 0) is 18.1 Å². The van der Waals surface area contributed by atoms with Crippen molar-refractivity contribution in [1.29, 1.82) is 0 Å². The lowest BCUT2D eigenvalue weighted by atomic mass is 9.89. The van der Waals surface area contributed by atoms with Crippen LogP contribution in [0.1, 0.15) is 17.9 Å². The second-order valence-electron chi connectivity index (χ2n) is 6.32. The third kappa shape index (κ3) is 2.20. The Balaban J connectivity index is 0.00000132. The molecule has 4 nitrogen and oxygen atoms in total. The number of rotatable bonds is 2. The van der Waals surface area contributed by atoms with Crippen molar-refractivity contribution < 1.29 is 5.11 Å². The molecule has 0 unspecified atom stereocenters. The maximum Gasteiger partial charge on any atom is 0.0644 e. The first-order chi connectivity index (χ1) is 9.79. The zero-order chi connectivity index (χ0) is 13.7. The summed E-state index contributed by atoms with van der Waals surface area (Å²) < 4.78 is 0. The zero-order valence-corrected chi connectivity index (χ0v) is 13.4. The van der Waals surface area contributed by atoms with Crippen molar-refractivity contribution >= 4 is 23.8 Å². The van der Waals surface area contributed by atoms with Gasteiger partial charge in [-0.15, -0.1) is 12.4 Å². The number of benzene rings is 1. The molecular weight excluding hydrogens is 286 g/mol. The van der Waals surface area contributed by atoms with Gasteiger partial charge >= 0.3 is 0 Å². The molecule has 1 aromatic carbocycles. The van der Waals surface area contributed by atoms with Crippen molar-refractivity contribution in [2.75, 3.05) is 56.2 Å². The van der Waals surface area contributed by atoms with Crippen LogP contribution in [0.25, 0.3) is 0 Å². The van der Waals surface area contributed by atoms with Gasteiger partial charge in [0.25, 0.3) is 0 Å². The molecule has 0 amide bonds. The van der Waals surface area contributed by atoms with Crippen LogP contribution in [0.5, 0.6) is 0 Å². The molecular formula is C16H24ClN3O. The Morgan fingerprint density at radius 2 is 2.10 bits per heavy atom. The third-order valence-corrected chi connectivity index (χ3v) is 5.30. The maximum atomic E-state index is 9.18. The molecule has 1 N–H and O–H groups in total. The van der Waals surface area contributed by atoms with Crippen LogP contribution in [0.15, 0.2) is 18.2 Å². The highest BCUT2D eigenvalue weighted by Crippen LogP contribution is 2.50. The van der Waals surface area contributed by atoms with Crippen LogP contribution < -0.4 is 9.80 Å². The van der Waals surface area contributed by atoms with Crippen LogP contribution in [-0.2, 0) is 0 Å². The number of halogens is 1. The number of para-hydroxylation sites is 1. The Bertz CT molecular complexity index is 524. The molecule has 3 heterocycles. The SMILES string of the molecule is CN1CCN2c3c(cccc31)[C@@H]1CN(CCO)CC[C@@H]12.Cl. The molecule has 3 aliphatic heterocycles. The molecule has 1 aromatic rings. The normalized spacial score (nSPS) is 27.1. The predicted octanol–water partition coefficient (Wildman–Crippen LogP) is 1.53. The molecule has 0 radical (unpaired) electrons. The zero-order valence-electron chi connectivity index (χ0n) is 12.5. The number of likely N-dealkylation sites (tertiary alicyclic amines) is 1. The van der Waals surface area contributed by atoms with E-state index in [1.54, 1.807) is 0 Å². The Labute approximate surface area is 132 Å². The van der Waals surface area contributed by atoms with Gasteiger partial charge in [0.1, 0.15) is 0 Å². The number of aliphatic hydroxyl groups excluding tert-OH is 1. The van der Waals surface area contributed by atoms with Crippen LogP contribution in [0.2, 0.25) is 0 Å². The Hall–Kier alpha value is -0.970. The van der Waals surface area contributed by atoms with Gasteiger partial charge in [0.2, 0.25) is 0 Å². The number of aliphatic hydroxyl groups is 1.